The first-order chi connectivity index (χ1) is 52.5. The predicted octanol–water partition coefficient (Wildman–Crippen LogP) is 25.6. The van der Waals surface area contributed by atoms with Gasteiger partial charge in [0.2, 0.25) is 0 Å². The summed E-state index contributed by atoms with van der Waals surface area (Å²) in [5, 5.41) is 43.5. The second-order valence-corrected chi connectivity index (χ2v) is 27.4. The number of pyridine rings is 3. The van der Waals surface area contributed by atoms with E-state index in [1.165, 1.54) is 103 Å². The minimum absolute atomic E-state index is 0.691. The molecule has 106 heavy (non-hydrogen) atoms. The van der Waals surface area contributed by atoms with Gasteiger partial charge in [0.15, 0.2) is 0 Å². The molecule has 0 fully saturated rings. The second-order valence-electron chi connectivity index (χ2n) is 27.4. The average molecular weight is 1340 g/mol. The van der Waals surface area contributed by atoms with Gasteiger partial charge >= 0.3 is 0 Å². The number of benzene rings is 17. The van der Waals surface area contributed by atoms with Crippen LogP contribution in [0.15, 0.2) is 346 Å². The van der Waals surface area contributed by atoms with Crippen molar-refractivity contribution < 1.29 is 0 Å². The van der Waals surface area contributed by atoms with E-state index in [9.17, 15) is 10.5 Å². The second kappa shape index (κ2) is 24.0. The summed E-state index contributed by atoms with van der Waals surface area (Å²) < 4.78 is 4.67. The van der Waals surface area contributed by atoms with Gasteiger partial charge in [0, 0.05) is 78.3 Å². The maximum atomic E-state index is 10.1. The van der Waals surface area contributed by atoms with Gasteiger partial charge in [-0.25, -0.2) is 9.97 Å². The van der Waals surface area contributed by atoms with E-state index >= 15 is 0 Å². The molecule has 0 N–H and O–H groups in total. The fourth-order valence-electron chi connectivity index (χ4n) is 17.3. The van der Waals surface area contributed by atoms with Gasteiger partial charge in [0.05, 0.1) is 68.1 Å². The van der Waals surface area contributed by atoms with Crippen LogP contribution in [0.25, 0.3) is 208 Å². The Morgan fingerprint density at radius 3 is 0.925 bits per heavy atom. The summed E-state index contributed by atoms with van der Waals surface area (Å²) in [6.45, 7) is 0. The zero-order chi connectivity index (χ0) is 70.1. The van der Waals surface area contributed by atoms with Crippen molar-refractivity contribution in [1.82, 2.24) is 24.1 Å². The Hall–Kier alpha value is -14.6. The van der Waals surface area contributed by atoms with Crippen molar-refractivity contribution in [1.29, 1.82) is 10.5 Å². The molecule has 0 radical (unpaired) electrons. The Balaban J connectivity index is 0.000000136. The summed E-state index contributed by atoms with van der Waals surface area (Å²) in [6.07, 6.45) is 3.62. The molecule has 0 saturated heterocycles. The normalized spacial score (nSPS) is 11.8. The van der Waals surface area contributed by atoms with Crippen molar-refractivity contribution in [3.63, 3.8) is 0 Å². The van der Waals surface area contributed by atoms with Crippen LogP contribution >= 0.6 is 0 Å². The molecule has 0 aliphatic heterocycles. The maximum absolute atomic E-state index is 10.1. The van der Waals surface area contributed by atoms with Crippen LogP contribution < -0.4 is 0 Å². The van der Waals surface area contributed by atoms with Gasteiger partial charge in [-0.05, 0) is 219 Å². The predicted molar refractivity (Wildman–Crippen MR) is 439 cm³/mol. The Morgan fingerprint density at radius 2 is 0.528 bits per heavy atom. The third kappa shape index (κ3) is 9.20. The first-order valence-electron chi connectivity index (χ1n) is 35.7. The summed E-state index contributed by atoms with van der Waals surface area (Å²) in [5.74, 6) is 0. The van der Waals surface area contributed by atoms with E-state index in [2.05, 4.69) is 324 Å². The fourth-order valence-corrected chi connectivity index (χ4v) is 17.3. The van der Waals surface area contributed by atoms with Crippen LogP contribution in [-0.4, -0.2) is 24.1 Å². The molecule has 0 amide bonds. The lowest BCUT2D eigenvalue weighted by Crippen LogP contribution is -1.93. The summed E-state index contributed by atoms with van der Waals surface area (Å²) in [6, 6.07) is 123. The van der Waals surface area contributed by atoms with Crippen molar-refractivity contribution in [3.8, 4) is 90.8 Å². The van der Waals surface area contributed by atoms with Crippen LogP contribution in [0.2, 0.25) is 0 Å². The fraction of sp³-hybridized carbons (Fsp3) is 0. The molecule has 5 aromatic heterocycles. The van der Waals surface area contributed by atoms with E-state index < -0.39 is 0 Å². The molecular weight excluding hydrogens is 1290 g/mol. The molecule has 17 aromatic carbocycles. The van der Waals surface area contributed by atoms with Crippen LogP contribution in [0.1, 0.15) is 11.1 Å². The lowest BCUT2D eigenvalue weighted by atomic mass is 9.86. The molecule has 22 rings (SSSR count). The summed E-state index contributed by atoms with van der Waals surface area (Å²) in [5.41, 5.74) is 20.9. The van der Waals surface area contributed by atoms with Crippen molar-refractivity contribution in [3.05, 3.63) is 357 Å². The van der Waals surface area contributed by atoms with Crippen molar-refractivity contribution >= 4 is 130 Å². The molecule has 488 valence electrons. The Kier molecular flexibility index (Phi) is 13.6. The molecule has 0 spiro atoms. The van der Waals surface area contributed by atoms with E-state index in [1.807, 2.05) is 48.8 Å². The van der Waals surface area contributed by atoms with E-state index in [0.29, 0.717) is 11.1 Å². The third-order valence-electron chi connectivity index (χ3n) is 21.9. The highest BCUT2D eigenvalue weighted by Gasteiger charge is 2.26. The smallest absolute Gasteiger partial charge is 0.0998 e. The van der Waals surface area contributed by atoms with Crippen LogP contribution in [0.3, 0.4) is 0 Å². The first-order valence-corrected chi connectivity index (χ1v) is 35.7. The molecule has 0 bridgehead atoms. The lowest BCUT2D eigenvalue weighted by Gasteiger charge is -2.17. The van der Waals surface area contributed by atoms with Gasteiger partial charge in [0.25, 0.3) is 0 Å². The van der Waals surface area contributed by atoms with E-state index in [0.717, 1.165) is 105 Å². The molecule has 0 aliphatic rings. The van der Waals surface area contributed by atoms with Crippen molar-refractivity contribution in [2.24, 2.45) is 0 Å². The first kappa shape index (κ1) is 60.2. The molecule has 5 heterocycles. The largest absolute Gasteiger partial charge is 0.309 e. The minimum atomic E-state index is 0.691. The summed E-state index contributed by atoms with van der Waals surface area (Å²) in [4.78, 5) is 14.6. The quantitative estimate of drug-likeness (QED) is 0.141. The number of hydrogen-bond acceptors (Lipinski definition) is 5. The molecule has 22 aromatic rings. The highest BCUT2D eigenvalue weighted by atomic mass is 15.0. The third-order valence-corrected chi connectivity index (χ3v) is 21.9. The Labute approximate surface area is 608 Å². The van der Waals surface area contributed by atoms with Crippen LogP contribution in [0.4, 0.5) is 0 Å². The number of para-hydroxylation sites is 2. The van der Waals surface area contributed by atoms with E-state index in [1.54, 1.807) is 0 Å². The molecule has 7 heteroatoms. The van der Waals surface area contributed by atoms with E-state index in [-0.39, 0.29) is 0 Å². The number of hydrogen-bond donors (Lipinski definition) is 0. The van der Waals surface area contributed by atoms with Gasteiger partial charge in [-0.1, -0.05) is 212 Å². The average Bonchev–Trinajstić information content (AvgIpc) is 1.62. The number of nitrogens with zero attached hydrogens (tertiary/aromatic N) is 7. The highest BCUT2D eigenvalue weighted by molar-refractivity contribution is 6.32. The van der Waals surface area contributed by atoms with Crippen molar-refractivity contribution in [2.75, 3.05) is 0 Å². The minimum Gasteiger partial charge on any atom is -0.309 e. The van der Waals surface area contributed by atoms with Crippen LogP contribution in [0, 0.1) is 22.7 Å². The zero-order valence-corrected chi connectivity index (χ0v) is 57.0. The number of aromatic nitrogens is 5. The topological polar surface area (TPSA) is 96.1 Å². The zero-order valence-electron chi connectivity index (χ0n) is 57.0. The molecule has 0 atom stereocenters. The summed E-state index contributed by atoms with van der Waals surface area (Å²) >= 11 is 0. The van der Waals surface area contributed by atoms with Gasteiger partial charge in [0.1, 0.15) is 0 Å². The van der Waals surface area contributed by atoms with Gasteiger partial charge in [-0.15, -0.1) is 0 Å². The Bertz CT molecular complexity index is 7000. The molecule has 0 aliphatic carbocycles. The number of rotatable bonds is 8. The molecular formula is C99H57N7. The standard InChI is InChI=1S/C50H29N3.C49H28N4/c51-30-32-22-26-47-49-34(32)23-24-40-39(25-27-48(50(40)49)53(47)33-14-5-2-6-15-33)41-28-42-37-18-9-10-19-38(37)44(29-43(42)36-17-8-7-16-35(36)41)46-21-11-20-45(52-46)31-12-3-1-4-13-31;50-29-31-17-21-46-48-33(31)18-19-39-38(20-22-47(49(39)48)53(46)32-9-2-1-3-10-32)40-27-41-36-13-6-7-14-37(36)43(28-42(41)35-12-5-4-11-34(35)40)45-16-8-15-44(52-45)30-23-25-51-26-24-30/h1-29H;1-28H. The molecule has 0 unspecified atom stereocenters. The highest BCUT2D eigenvalue weighted by Crippen LogP contribution is 2.50. The molecule has 7 nitrogen and oxygen atoms in total. The van der Waals surface area contributed by atoms with Crippen LogP contribution in [0.5, 0.6) is 0 Å². The number of nitriles is 2. The van der Waals surface area contributed by atoms with Gasteiger partial charge < -0.3 is 9.13 Å². The van der Waals surface area contributed by atoms with Crippen LogP contribution in [-0.2, 0) is 0 Å². The van der Waals surface area contributed by atoms with Gasteiger partial charge in [-0.2, -0.15) is 10.5 Å². The summed E-state index contributed by atoms with van der Waals surface area (Å²) in [7, 11) is 0. The van der Waals surface area contributed by atoms with Crippen molar-refractivity contribution in [2.45, 2.75) is 0 Å². The molecule has 0 saturated carbocycles. The SMILES string of the molecule is N#Cc1ccc2c3c1ccc1c(-c4cc5c6ccccc6c(-c6cccc(-c7ccccc7)n6)cc5c5ccccc45)ccc(c13)n2-c1ccccc1.N#Cc1ccc2c3c1ccc1c(-c4cc5c6ccccc6c(-c6cccc(-c7ccncc7)n6)cc5c5ccccc45)ccc(c13)n2-c1ccccc1. The maximum Gasteiger partial charge on any atom is 0.0998 e. The number of fused-ring (bicyclic) bond motifs is 10. The monoisotopic (exact) mass is 1340 g/mol. The van der Waals surface area contributed by atoms with E-state index in [4.69, 9.17) is 9.97 Å². The van der Waals surface area contributed by atoms with Gasteiger partial charge in [-0.3, -0.25) is 4.98 Å². The lowest BCUT2D eigenvalue weighted by molar-refractivity contribution is 1.18. The Morgan fingerprint density at radius 1 is 0.217 bits per heavy atom.